The molecule has 0 bridgehead atoms. The predicted octanol–water partition coefficient (Wildman–Crippen LogP) is 5.68. The van der Waals surface area contributed by atoms with Crippen LogP contribution in [0.3, 0.4) is 0 Å². The van der Waals surface area contributed by atoms with E-state index in [2.05, 4.69) is 5.32 Å². The van der Waals surface area contributed by atoms with Gasteiger partial charge in [-0.25, -0.2) is 4.79 Å². The third-order valence-corrected chi connectivity index (χ3v) is 5.42. The van der Waals surface area contributed by atoms with Gasteiger partial charge in [0.15, 0.2) is 0 Å². The van der Waals surface area contributed by atoms with E-state index >= 15 is 0 Å². The van der Waals surface area contributed by atoms with Crippen LogP contribution in [0.4, 0.5) is 5.69 Å². The van der Waals surface area contributed by atoms with Crippen molar-refractivity contribution in [2.24, 2.45) is 5.92 Å². The van der Waals surface area contributed by atoms with E-state index in [1.807, 2.05) is 12.1 Å². The summed E-state index contributed by atoms with van der Waals surface area (Å²) in [6.07, 6.45) is 3.79. The Labute approximate surface area is 172 Å². The molecule has 1 aromatic heterocycles. The lowest BCUT2D eigenvalue weighted by atomic mass is 9.95. The van der Waals surface area contributed by atoms with E-state index in [4.69, 9.17) is 39.2 Å². The molecule has 1 aliphatic rings. The van der Waals surface area contributed by atoms with E-state index in [9.17, 15) is 9.59 Å². The molecule has 0 spiro atoms. The van der Waals surface area contributed by atoms with Gasteiger partial charge in [0, 0.05) is 23.0 Å². The molecule has 7 heteroatoms. The summed E-state index contributed by atoms with van der Waals surface area (Å²) in [6, 6.07) is 8.32. The zero-order valence-electron chi connectivity index (χ0n) is 14.6. The average Bonchev–Trinajstić information content (AvgIpc) is 3.01. The minimum absolute atomic E-state index is 0.0947. The summed E-state index contributed by atoms with van der Waals surface area (Å²) >= 11 is 18.6. The first-order valence-corrected chi connectivity index (χ1v) is 9.71. The fraction of sp³-hybridized carbons (Fsp3) is 0.300. The maximum Gasteiger partial charge on any atom is 0.346 e. The molecule has 2 aromatic rings. The van der Waals surface area contributed by atoms with Crippen molar-refractivity contribution in [3.05, 3.63) is 68.2 Å². The van der Waals surface area contributed by atoms with Crippen molar-refractivity contribution >= 4 is 51.3 Å². The molecule has 1 aromatic carbocycles. The van der Waals surface area contributed by atoms with Crippen LogP contribution < -0.4 is 10.9 Å². The Bertz CT molecular complexity index is 934. The number of hydrogen-bond donors (Lipinski definition) is 1. The summed E-state index contributed by atoms with van der Waals surface area (Å²) in [5, 5.41) is 4.30. The Morgan fingerprint density at radius 1 is 1.26 bits per heavy atom. The Kier molecular flexibility index (Phi) is 6.30. The zero-order chi connectivity index (χ0) is 19.6. The number of carbonyl (C=O) groups excluding carboxylic acids is 1. The van der Waals surface area contributed by atoms with Crippen LogP contribution in [-0.4, -0.2) is 11.8 Å². The smallest absolute Gasteiger partial charge is 0.346 e. The zero-order valence-corrected chi connectivity index (χ0v) is 16.9. The van der Waals surface area contributed by atoms with Crippen molar-refractivity contribution in [1.82, 2.24) is 0 Å². The molecule has 1 aliphatic carbocycles. The van der Waals surface area contributed by atoms with Crippen LogP contribution in [0.25, 0.3) is 5.03 Å². The van der Waals surface area contributed by atoms with Gasteiger partial charge in [-0.1, -0.05) is 34.8 Å². The van der Waals surface area contributed by atoms with Crippen molar-refractivity contribution in [2.75, 3.05) is 5.32 Å². The summed E-state index contributed by atoms with van der Waals surface area (Å²) in [6.45, 7) is 1.64. The number of ketones is 1. The summed E-state index contributed by atoms with van der Waals surface area (Å²) in [5.74, 6) is 0.343. The lowest BCUT2D eigenvalue weighted by Crippen LogP contribution is -2.30. The largest absolute Gasteiger partial charge is 0.428 e. The fourth-order valence-electron chi connectivity index (χ4n) is 3.25. The van der Waals surface area contributed by atoms with Gasteiger partial charge in [0.2, 0.25) is 0 Å². The molecule has 0 unspecified atom stereocenters. The lowest BCUT2D eigenvalue weighted by Gasteiger charge is -2.22. The van der Waals surface area contributed by atoms with Crippen LogP contribution >= 0.6 is 34.8 Å². The van der Waals surface area contributed by atoms with Gasteiger partial charge >= 0.3 is 5.63 Å². The van der Waals surface area contributed by atoms with Gasteiger partial charge in [-0.05, 0) is 56.2 Å². The highest BCUT2D eigenvalue weighted by molar-refractivity contribution is 6.50. The second kappa shape index (κ2) is 8.51. The van der Waals surface area contributed by atoms with Crippen molar-refractivity contribution < 1.29 is 9.21 Å². The number of aryl methyl sites for hydroxylation is 1. The third-order valence-electron chi connectivity index (χ3n) is 4.55. The highest BCUT2D eigenvalue weighted by Crippen LogP contribution is 2.31. The van der Waals surface area contributed by atoms with Crippen molar-refractivity contribution in [3.63, 3.8) is 0 Å². The molecule has 1 heterocycles. The van der Waals surface area contributed by atoms with E-state index < -0.39 is 5.63 Å². The van der Waals surface area contributed by atoms with Crippen LogP contribution in [0, 0.1) is 12.8 Å². The molecular weight excluding hydrogens is 409 g/mol. The number of halogens is 3. The number of rotatable bonds is 5. The summed E-state index contributed by atoms with van der Waals surface area (Å²) in [7, 11) is 0. The van der Waals surface area contributed by atoms with E-state index in [1.54, 1.807) is 25.1 Å². The maximum atomic E-state index is 12.3. The highest BCUT2D eigenvalue weighted by atomic mass is 35.5. The number of nitrogens with one attached hydrogen (secondary N) is 1. The summed E-state index contributed by atoms with van der Waals surface area (Å²) < 4.78 is 5.10. The van der Waals surface area contributed by atoms with E-state index in [-0.39, 0.29) is 33.4 Å². The van der Waals surface area contributed by atoms with Gasteiger partial charge in [0.1, 0.15) is 11.5 Å². The third kappa shape index (κ3) is 4.75. The number of Topliss-reactive ketones (excluding diaryl/α,β-unsaturated/α-hetero) is 1. The minimum Gasteiger partial charge on any atom is -0.428 e. The minimum atomic E-state index is -0.607. The van der Waals surface area contributed by atoms with Crippen molar-refractivity contribution in [2.45, 2.75) is 32.2 Å². The monoisotopic (exact) mass is 425 g/mol. The van der Waals surface area contributed by atoms with Crippen LogP contribution in [0.5, 0.6) is 0 Å². The van der Waals surface area contributed by atoms with Gasteiger partial charge in [0.25, 0.3) is 0 Å². The molecule has 1 N–H and O–H groups in total. The molecule has 1 saturated carbocycles. The second-order valence-corrected chi connectivity index (χ2v) is 7.77. The van der Waals surface area contributed by atoms with Gasteiger partial charge in [-0.3, -0.25) is 4.79 Å². The molecule has 1 fully saturated rings. The SMILES string of the molecule is Cc1cc(Cl)c(/C(Cl)=C/[C@@H](Nc2ccc(Cl)cc2)[C@@H]2CCCC2=O)c(=O)o1. The quantitative estimate of drug-likeness (QED) is 0.667. The van der Waals surface area contributed by atoms with Crippen LogP contribution in [0.15, 0.2) is 45.6 Å². The van der Waals surface area contributed by atoms with Crippen LogP contribution in [0.2, 0.25) is 10.0 Å². The summed E-state index contributed by atoms with van der Waals surface area (Å²) in [4.78, 5) is 24.5. The Balaban J connectivity index is 1.97. The summed E-state index contributed by atoms with van der Waals surface area (Å²) in [5.41, 5.74) is 0.286. The van der Waals surface area contributed by atoms with Gasteiger partial charge in [-0.15, -0.1) is 0 Å². The molecule has 0 radical (unpaired) electrons. The number of carbonyl (C=O) groups is 1. The van der Waals surface area contributed by atoms with Crippen molar-refractivity contribution in [3.8, 4) is 0 Å². The molecule has 4 nitrogen and oxygen atoms in total. The molecular formula is C20H18Cl3NO3. The molecule has 142 valence electrons. The second-order valence-electron chi connectivity index (χ2n) is 6.52. The van der Waals surface area contributed by atoms with E-state index in [1.165, 1.54) is 6.07 Å². The number of anilines is 1. The van der Waals surface area contributed by atoms with E-state index in [0.717, 1.165) is 18.5 Å². The fourth-order valence-corrected chi connectivity index (χ4v) is 4.07. The maximum absolute atomic E-state index is 12.3. The Morgan fingerprint density at radius 3 is 2.56 bits per heavy atom. The normalized spacial score (nSPS) is 18.6. The first-order chi connectivity index (χ1) is 12.8. The molecule has 0 saturated heterocycles. The molecule has 3 rings (SSSR count). The highest BCUT2D eigenvalue weighted by Gasteiger charge is 2.31. The van der Waals surface area contributed by atoms with Gasteiger partial charge < -0.3 is 9.73 Å². The van der Waals surface area contributed by atoms with Gasteiger partial charge in [-0.2, -0.15) is 0 Å². The lowest BCUT2D eigenvalue weighted by molar-refractivity contribution is -0.120. The van der Waals surface area contributed by atoms with Crippen LogP contribution in [0.1, 0.15) is 30.6 Å². The predicted molar refractivity (Wildman–Crippen MR) is 110 cm³/mol. The number of benzene rings is 1. The average molecular weight is 427 g/mol. The topological polar surface area (TPSA) is 59.3 Å². The molecule has 2 atom stereocenters. The Morgan fingerprint density at radius 2 is 1.96 bits per heavy atom. The Hall–Kier alpha value is -1.75. The molecule has 27 heavy (non-hydrogen) atoms. The first-order valence-electron chi connectivity index (χ1n) is 8.58. The molecule has 0 amide bonds. The van der Waals surface area contributed by atoms with E-state index in [0.29, 0.717) is 17.2 Å². The first kappa shape index (κ1) is 20.0. The van der Waals surface area contributed by atoms with Crippen molar-refractivity contribution in [1.29, 1.82) is 0 Å². The van der Waals surface area contributed by atoms with Gasteiger partial charge in [0.05, 0.1) is 21.7 Å². The van der Waals surface area contributed by atoms with Crippen LogP contribution in [-0.2, 0) is 4.79 Å². The number of hydrogen-bond acceptors (Lipinski definition) is 4. The standard InChI is InChI=1S/C20H18Cl3NO3/c1-11-9-15(22)19(20(26)27-11)16(23)10-17(14-3-2-4-18(14)25)24-13-7-5-12(21)6-8-13/h5-10,14,17,24H,2-4H2,1H3/b16-10-/t14-,17+/m0/s1. The molecule has 0 aliphatic heterocycles.